The van der Waals surface area contributed by atoms with Crippen LogP contribution >= 0.6 is 0 Å². The van der Waals surface area contributed by atoms with E-state index in [2.05, 4.69) is 0 Å². The van der Waals surface area contributed by atoms with Crippen molar-refractivity contribution in [3.63, 3.8) is 0 Å². The lowest BCUT2D eigenvalue weighted by Gasteiger charge is -2.14. The molecule has 0 saturated carbocycles. The second-order valence-corrected chi connectivity index (χ2v) is 3.08. The van der Waals surface area contributed by atoms with E-state index < -0.39 is 23.8 Å². The minimum Gasteiger partial charge on any atom is -0.481 e. The fourth-order valence-corrected chi connectivity index (χ4v) is 0.752. The van der Waals surface area contributed by atoms with Crippen molar-refractivity contribution in [1.82, 2.24) is 0 Å². The number of hydrogen-bond donors (Lipinski definition) is 1. The van der Waals surface area contributed by atoms with Crippen LogP contribution in [0.5, 0.6) is 0 Å². The lowest BCUT2D eigenvalue weighted by atomic mass is 9.96. The molecule has 0 aliphatic rings. The van der Waals surface area contributed by atoms with Crippen LogP contribution in [0, 0.1) is 11.8 Å². The number of carbonyl (C=O) groups is 2. The summed E-state index contributed by atoms with van der Waals surface area (Å²) in [7, 11) is 0. The van der Waals surface area contributed by atoms with E-state index in [1.807, 2.05) is 6.92 Å². The number of hydrogen-bond acceptors (Lipinski definition) is 3. The molecule has 0 aliphatic carbocycles. The topological polar surface area (TPSA) is 63.6 Å². The average molecular weight is 188 g/mol. The summed E-state index contributed by atoms with van der Waals surface area (Å²) in [5.41, 5.74) is 0. The summed E-state index contributed by atoms with van der Waals surface area (Å²) in [6, 6.07) is 0. The first-order valence-corrected chi connectivity index (χ1v) is 4.40. The predicted octanol–water partition coefficient (Wildman–Crippen LogP) is 1.30. The number of esters is 1. The minimum absolute atomic E-state index is 0.357. The lowest BCUT2D eigenvalue weighted by molar-refractivity contribution is -0.156. The van der Waals surface area contributed by atoms with E-state index in [0.717, 1.165) is 6.42 Å². The van der Waals surface area contributed by atoms with Gasteiger partial charge >= 0.3 is 11.9 Å². The average Bonchev–Trinajstić information content (AvgIpc) is 2.11. The largest absolute Gasteiger partial charge is 0.481 e. The van der Waals surface area contributed by atoms with Crippen LogP contribution < -0.4 is 0 Å². The van der Waals surface area contributed by atoms with E-state index in [1.165, 1.54) is 6.92 Å². The van der Waals surface area contributed by atoms with Gasteiger partial charge in [0, 0.05) is 0 Å². The van der Waals surface area contributed by atoms with Gasteiger partial charge in [-0.3, -0.25) is 9.59 Å². The molecule has 0 aromatic rings. The van der Waals surface area contributed by atoms with Crippen molar-refractivity contribution in [3.8, 4) is 0 Å². The minimum atomic E-state index is -0.971. The summed E-state index contributed by atoms with van der Waals surface area (Å²) in [6.07, 6.45) is 0.750. The second-order valence-electron chi connectivity index (χ2n) is 3.08. The van der Waals surface area contributed by atoms with Gasteiger partial charge in [0.2, 0.25) is 0 Å². The molecule has 0 amide bonds. The first-order chi connectivity index (χ1) is 6.00. The molecular formula is C9H16O4. The van der Waals surface area contributed by atoms with Crippen molar-refractivity contribution < 1.29 is 19.4 Å². The van der Waals surface area contributed by atoms with Crippen LogP contribution in [0.4, 0.5) is 0 Å². The molecule has 0 bridgehead atoms. The van der Waals surface area contributed by atoms with Crippen LogP contribution in [0.25, 0.3) is 0 Å². The van der Waals surface area contributed by atoms with Crippen molar-refractivity contribution in [2.24, 2.45) is 11.8 Å². The van der Waals surface area contributed by atoms with Gasteiger partial charge in [-0.2, -0.15) is 0 Å². The molecule has 0 fully saturated rings. The first kappa shape index (κ1) is 11.9. The third-order valence-corrected chi connectivity index (χ3v) is 1.96. The first-order valence-electron chi connectivity index (χ1n) is 4.40. The normalized spacial score (nSPS) is 14.7. The van der Waals surface area contributed by atoms with E-state index in [-0.39, 0.29) is 0 Å². The van der Waals surface area contributed by atoms with E-state index in [9.17, 15) is 9.59 Å². The Kier molecular flexibility index (Phi) is 5.11. The Morgan fingerprint density at radius 3 is 2.23 bits per heavy atom. The maximum absolute atomic E-state index is 11.2. The number of carboxylic acids is 1. The van der Waals surface area contributed by atoms with Gasteiger partial charge in [0.05, 0.1) is 18.4 Å². The van der Waals surface area contributed by atoms with E-state index in [0.29, 0.717) is 6.61 Å². The van der Waals surface area contributed by atoms with Crippen molar-refractivity contribution in [2.75, 3.05) is 6.61 Å². The van der Waals surface area contributed by atoms with Crippen LogP contribution in [-0.4, -0.2) is 23.7 Å². The SMILES string of the molecule is CCCOC(=O)[C@H](C)[C@H](C)C(=O)O. The zero-order chi connectivity index (χ0) is 10.4. The molecule has 0 saturated heterocycles. The summed E-state index contributed by atoms with van der Waals surface area (Å²) in [6.45, 7) is 5.31. The van der Waals surface area contributed by atoms with E-state index in [1.54, 1.807) is 6.92 Å². The number of carbonyl (C=O) groups excluding carboxylic acids is 1. The van der Waals surface area contributed by atoms with Gasteiger partial charge in [-0.1, -0.05) is 20.8 Å². The van der Waals surface area contributed by atoms with Crippen LogP contribution in [0.2, 0.25) is 0 Å². The van der Waals surface area contributed by atoms with E-state index in [4.69, 9.17) is 9.84 Å². The van der Waals surface area contributed by atoms with Gasteiger partial charge in [0.25, 0.3) is 0 Å². The molecule has 0 spiro atoms. The lowest BCUT2D eigenvalue weighted by Crippen LogP contribution is -2.27. The molecule has 0 radical (unpaired) electrons. The Bertz CT molecular complexity index is 188. The Hall–Kier alpha value is -1.06. The molecule has 4 nitrogen and oxygen atoms in total. The molecule has 1 N–H and O–H groups in total. The highest BCUT2D eigenvalue weighted by Crippen LogP contribution is 2.12. The van der Waals surface area contributed by atoms with Gasteiger partial charge in [-0.25, -0.2) is 0 Å². The van der Waals surface area contributed by atoms with Crippen LogP contribution in [-0.2, 0) is 14.3 Å². The Labute approximate surface area is 77.9 Å². The van der Waals surface area contributed by atoms with Gasteiger partial charge < -0.3 is 9.84 Å². The fraction of sp³-hybridized carbons (Fsp3) is 0.778. The molecule has 0 aromatic carbocycles. The van der Waals surface area contributed by atoms with Gasteiger partial charge in [-0.05, 0) is 6.42 Å². The van der Waals surface area contributed by atoms with Gasteiger partial charge in [-0.15, -0.1) is 0 Å². The van der Waals surface area contributed by atoms with Gasteiger partial charge in [0.15, 0.2) is 0 Å². The summed E-state index contributed by atoms with van der Waals surface area (Å²) in [5.74, 6) is -2.67. The van der Waals surface area contributed by atoms with Crippen molar-refractivity contribution in [2.45, 2.75) is 27.2 Å². The number of aliphatic carboxylic acids is 1. The Morgan fingerprint density at radius 1 is 1.31 bits per heavy atom. The standard InChI is InChI=1S/C9H16O4/c1-4-5-13-9(12)7(3)6(2)8(10)11/h6-7H,4-5H2,1-3H3,(H,10,11)/t6-,7+/m0/s1. The molecule has 0 aliphatic heterocycles. The zero-order valence-electron chi connectivity index (χ0n) is 8.24. The molecule has 2 atom stereocenters. The molecule has 4 heteroatoms. The molecule has 0 aromatic heterocycles. The number of carboxylic acid groups (broad SMARTS) is 1. The smallest absolute Gasteiger partial charge is 0.309 e. The third kappa shape index (κ3) is 3.92. The third-order valence-electron chi connectivity index (χ3n) is 1.96. The molecule has 0 heterocycles. The van der Waals surface area contributed by atoms with Crippen LogP contribution in [0.15, 0.2) is 0 Å². The predicted molar refractivity (Wildman–Crippen MR) is 47.2 cm³/mol. The van der Waals surface area contributed by atoms with Gasteiger partial charge in [0.1, 0.15) is 0 Å². The summed E-state index contributed by atoms with van der Waals surface area (Å²) >= 11 is 0. The Morgan fingerprint density at radius 2 is 1.85 bits per heavy atom. The van der Waals surface area contributed by atoms with Crippen molar-refractivity contribution in [1.29, 1.82) is 0 Å². The highest BCUT2D eigenvalue weighted by Gasteiger charge is 2.26. The molecule has 76 valence electrons. The van der Waals surface area contributed by atoms with Crippen molar-refractivity contribution >= 4 is 11.9 Å². The van der Waals surface area contributed by atoms with E-state index >= 15 is 0 Å². The molecule has 0 rings (SSSR count). The number of rotatable bonds is 5. The molecular weight excluding hydrogens is 172 g/mol. The van der Waals surface area contributed by atoms with Crippen molar-refractivity contribution in [3.05, 3.63) is 0 Å². The zero-order valence-corrected chi connectivity index (χ0v) is 8.24. The molecule has 0 unspecified atom stereocenters. The van der Waals surface area contributed by atoms with Crippen LogP contribution in [0.1, 0.15) is 27.2 Å². The number of ether oxygens (including phenoxy) is 1. The fourth-order valence-electron chi connectivity index (χ4n) is 0.752. The summed E-state index contributed by atoms with van der Waals surface area (Å²) in [5, 5.41) is 8.62. The quantitative estimate of drug-likeness (QED) is 0.660. The van der Waals surface area contributed by atoms with Crippen LogP contribution in [0.3, 0.4) is 0 Å². The second kappa shape index (κ2) is 5.56. The highest BCUT2D eigenvalue weighted by atomic mass is 16.5. The highest BCUT2D eigenvalue weighted by molar-refractivity contribution is 5.80. The maximum Gasteiger partial charge on any atom is 0.309 e. The maximum atomic E-state index is 11.2. The summed E-state index contributed by atoms with van der Waals surface area (Å²) < 4.78 is 4.82. The monoisotopic (exact) mass is 188 g/mol. The Balaban J connectivity index is 4.01. The summed E-state index contributed by atoms with van der Waals surface area (Å²) in [4.78, 5) is 21.7. The molecule has 13 heavy (non-hydrogen) atoms.